The lowest BCUT2D eigenvalue weighted by Crippen LogP contribution is -2.32. The molecule has 2 aromatic carbocycles. The van der Waals surface area contributed by atoms with Gasteiger partial charge in [-0.1, -0.05) is 24.3 Å². The van der Waals surface area contributed by atoms with Gasteiger partial charge in [-0.05, 0) is 42.0 Å². The Morgan fingerprint density at radius 1 is 1.07 bits per heavy atom. The fourth-order valence-corrected chi connectivity index (χ4v) is 3.48. The molecule has 1 aliphatic heterocycles. The Labute approximate surface area is 171 Å². The molecule has 5 nitrogen and oxygen atoms in total. The zero-order valence-electron chi connectivity index (χ0n) is 16.0. The van der Waals surface area contributed by atoms with Crippen LogP contribution in [0.3, 0.4) is 0 Å². The number of methoxy groups -OCH3 is 1. The molecule has 1 aromatic heterocycles. The van der Waals surface area contributed by atoms with Crippen molar-refractivity contribution in [3.05, 3.63) is 89.2 Å². The van der Waals surface area contributed by atoms with Gasteiger partial charge in [0.2, 0.25) is 0 Å². The number of anilines is 1. The van der Waals surface area contributed by atoms with Crippen molar-refractivity contribution in [1.29, 1.82) is 0 Å². The van der Waals surface area contributed by atoms with Crippen LogP contribution in [0.2, 0.25) is 0 Å². The van der Waals surface area contributed by atoms with Crippen LogP contribution in [0.15, 0.2) is 66.9 Å². The van der Waals surface area contributed by atoms with Crippen LogP contribution in [0, 0.1) is 0 Å². The van der Waals surface area contributed by atoms with Crippen molar-refractivity contribution >= 4 is 11.6 Å². The average molecular weight is 413 g/mol. The molecule has 0 bridgehead atoms. The van der Waals surface area contributed by atoms with E-state index in [0.29, 0.717) is 17.0 Å². The number of alkyl halides is 3. The van der Waals surface area contributed by atoms with E-state index in [-0.39, 0.29) is 18.1 Å². The minimum absolute atomic E-state index is 0.110. The summed E-state index contributed by atoms with van der Waals surface area (Å²) in [5.41, 5.74) is 0.668. The van der Waals surface area contributed by atoms with Crippen LogP contribution in [-0.2, 0) is 12.7 Å². The minimum atomic E-state index is -4.53. The summed E-state index contributed by atoms with van der Waals surface area (Å²) in [6.07, 6.45) is -3.84. The summed E-state index contributed by atoms with van der Waals surface area (Å²) in [6, 6.07) is 15.6. The number of ether oxygens (including phenoxy) is 1. The topological polar surface area (TPSA) is 54.5 Å². The molecule has 0 fully saturated rings. The van der Waals surface area contributed by atoms with E-state index in [9.17, 15) is 18.0 Å². The zero-order valence-corrected chi connectivity index (χ0v) is 16.0. The van der Waals surface area contributed by atoms with E-state index in [2.05, 4.69) is 10.3 Å². The summed E-state index contributed by atoms with van der Waals surface area (Å²) in [5.74, 6) is 0.376. The van der Waals surface area contributed by atoms with Gasteiger partial charge in [0.25, 0.3) is 5.91 Å². The predicted octanol–water partition coefficient (Wildman–Crippen LogP) is 4.88. The molecule has 30 heavy (non-hydrogen) atoms. The number of fused-ring (bicyclic) bond motifs is 1. The summed E-state index contributed by atoms with van der Waals surface area (Å²) in [5, 5.41) is 2.89. The average Bonchev–Trinajstić information content (AvgIpc) is 3.00. The molecule has 3 aromatic rings. The SMILES string of the molecule is COc1ccc(CN2C(=O)c3cccnc3C2Nc2ccccc2C(F)(F)F)cc1. The highest BCUT2D eigenvalue weighted by molar-refractivity contribution is 5.99. The van der Waals surface area contributed by atoms with Crippen LogP contribution in [0.4, 0.5) is 18.9 Å². The van der Waals surface area contributed by atoms with Crippen molar-refractivity contribution in [2.75, 3.05) is 12.4 Å². The van der Waals surface area contributed by atoms with Crippen LogP contribution < -0.4 is 10.1 Å². The molecule has 1 atom stereocenters. The van der Waals surface area contributed by atoms with Crippen LogP contribution in [-0.4, -0.2) is 22.9 Å². The van der Waals surface area contributed by atoms with Crippen molar-refractivity contribution in [2.24, 2.45) is 0 Å². The minimum Gasteiger partial charge on any atom is -0.497 e. The van der Waals surface area contributed by atoms with E-state index in [1.165, 1.54) is 29.3 Å². The van der Waals surface area contributed by atoms with Crippen molar-refractivity contribution in [1.82, 2.24) is 9.88 Å². The Morgan fingerprint density at radius 3 is 2.50 bits per heavy atom. The van der Waals surface area contributed by atoms with Crippen LogP contribution in [0.5, 0.6) is 5.75 Å². The fourth-order valence-electron chi connectivity index (χ4n) is 3.48. The standard InChI is InChI=1S/C22H18F3N3O2/c1-30-15-10-8-14(9-11-15)13-28-20(19-16(21(28)29)5-4-12-26-19)27-18-7-3-2-6-17(18)22(23,24)25/h2-12,20,27H,13H2,1H3. The molecule has 0 saturated carbocycles. The van der Waals surface area contributed by atoms with Gasteiger partial charge in [-0.2, -0.15) is 13.2 Å². The Balaban J connectivity index is 1.70. The van der Waals surface area contributed by atoms with Crippen molar-refractivity contribution < 1.29 is 22.7 Å². The highest BCUT2D eigenvalue weighted by Gasteiger charge is 2.40. The zero-order chi connectivity index (χ0) is 21.3. The second-order valence-electron chi connectivity index (χ2n) is 6.81. The number of halogens is 3. The van der Waals surface area contributed by atoms with E-state index >= 15 is 0 Å². The molecule has 4 rings (SSSR count). The number of benzene rings is 2. The summed E-state index contributed by atoms with van der Waals surface area (Å²) < 4.78 is 45.5. The first-order valence-electron chi connectivity index (χ1n) is 9.20. The van der Waals surface area contributed by atoms with Gasteiger partial charge < -0.3 is 15.0 Å². The Hall–Kier alpha value is -3.55. The number of nitrogens with one attached hydrogen (secondary N) is 1. The molecule has 1 N–H and O–H groups in total. The lowest BCUT2D eigenvalue weighted by Gasteiger charge is -2.28. The molecule has 0 saturated heterocycles. The van der Waals surface area contributed by atoms with Gasteiger partial charge in [-0.15, -0.1) is 0 Å². The quantitative estimate of drug-likeness (QED) is 0.648. The maximum atomic E-state index is 13.5. The summed E-state index contributed by atoms with van der Waals surface area (Å²) in [6.45, 7) is 0.199. The number of amides is 1. The van der Waals surface area contributed by atoms with E-state index in [0.717, 1.165) is 11.6 Å². The van der Waals surface area contributed by atoms with E-state index in [1.54, 1.807) is 31.4 Å². The molecule has 0 aliphatic carbocycles. The summed E-state index contributed by atoms with van der Waals surface area (Å²) >= 11 is 0. The number of nitrogens with zero attached hydrogens (tertiary/aromatic N) is 2. The fraction of sp³-hybridized carbons (Fsp3) is 0.182. The van der Waals surface area contributed by atoms with Crippen LogP contribution in [0.25, 0.3) is 0 Å². The van der Waals surface area contributed by atoms with Crippen molar-refractivity contribution in [2.45, 2.75) is 18.9 Å². The Morgan fingerprint density at radius 2 is 1.80 bits per heavy atom. The van der Waals surface area contributed by atoms with Gasteiger partial charge >= 0.3 is 6.18 Å². The van der Waals surface area contributed by atoms with Gasteiger partial charge in [0.05, 0.1) is 23.9 Å². The molecular formula is C22H18F3N3O2. The molecule has 1 aliphatic rings. The molecule has 2 heterocycles. The van der Waals surface area contributed by atoms with Crippen molar-refractivity contribution in [3.8, 4) is 5.75 Å². The van der Waals surface area contributed by atoms with E-state index < -0.39 is 17.9 Å². The third kappa shape index (κ3) is 3.68. The number of carbonyl (C=O) groups is 1. The number of rotatable bonds is 5. The van der Waals surface area contributed by atoms with Gasteiger partial charge in [0.15, 0.2) is 0 Å². The second-order valence-corrected chi connectivity index (χ2v) is 6.81. The third-order valence-corrected chi connectivity index (χ3v) is 4.94. The predicted molar refractivity (Wildman–Crippen MR) is 105 cm³/mol. The van der Waals surface area contributed by atoms with Crippen LogP contribution in [0.1, 0.15) is 33.3 Å². The number of carbonyl (C=O) groups excluding carboxylic acids is 1. The third-order valence-electron chi connectivity index (χ3n) is 4.94. The smallest absolute Gasteiger partial charge is 0.418 e. The lowest BCUT2D eigenvalue weighted by atomic mass is 10.1. The highest BCUT2D eigenvalue weighted by atomic mass is 19.4. The normalized spacial score (nSPS) is 15.8. The molecule has 0 radical (unpaired) electrons. The lowest BCUT2D eigenvalue weighted by molar-refractivity contribution is -0.137. The Bertz CT molecular complexity index is 1070. The largest absolute Gasteiger partial charge is 0.497 e. The van der Waals surface area contributed by atoms with Gasteiger partial charge in [0.1, 0.15) is 11.9 Å². The van der Waals surface area contributed by atoms with Gasteiger partial charge in [-0.25, -0.2) is 0 Å². The number of pyridine rings is 1. The maximum Gasteiger partial charge on any atom is 0.418 e. The molecule has 0 spiro atoms. The molecular weight excluding hydrogens is 395 g/mol. The number of para-hydroxylation sites is 1. The monoisotopic (exact) mass is 413 g/mol. The van der Waals surface area contributed by atoms with Gasteiger partial charge in [0, 0.05) is 18.4 Å². The number of hydrogen-bond acceptors (Lipinski definition) is 4. The Kier molecular flexibility index (Phi) is 5.07. The highest BCUT2D eigenvalue weighted by Crippen LogP contribution is 2.39. The summed E-state index contributed by atoms with van der Waals surface area (Å²) in [7, 11) is 1.55. The maximum absolute atomic E-state index is 13.5. The first kappa shape index (κ1) is 19.8. The molecule has 1 unspecified atom stereocenters. The summed E-state index contributed by atoms with van der Waals surface area (Å²) in [4.78, 5) is 18.8. The van der Waals surface area contributed by atoms with Crippen molar-refractivity contribution in [3.63, 3.8) is 0 Å². The molecule has 154 valence electrons. The number of aromatic nitrogens is 1. The van der Waals surface area contributed by atoms with Gasteiger partial charge in [-0.3, -0.25) is 9.78 Å². The molecule has 8 heteroatoms. The first-order valence-corrected chi connectivity index (χ1v) is 9.20. The van der Waals surface area contributed by atoms with E-state index in [4.69, 9.17) is 4.74 Å². The van der Waals surface area contributed by atoms with E-state index in [1.807, 2.05) is 12.1 Å². The number of hydrogen-bond donors (Lipinski definition) is 1. The molecule has 1 amide bonds. The van der Waals surface area contributed by atoms with Crippen LogP contribution >= 0.6 is 0 Å². The first-order chi connectivity index (χ1) is 14.4. The second kappa shape index (κ2) is 7.70.